The monoisotopic (exact) mass is 499 g/mol. The Morgan fingerprint density at radius 1 is 0.966 bits per heavy atom. The Morgan fingerprint density at radius 3 is 2.24 bits per heavy atom. The van der Waals surface area contributed by atoms with E-state index in [-0.39, 0.29) is 18.0 Å². The first-order chi connectivity index (χ1) is 14.2. The Labute approximate surface area is 173 Å². The summed E-state index contributed by atoms with van der Waals surface area (Å²) in [5.41, 5.74) is 5.19. The summed E-state index contributed by atoms with van der Waals surface area (Å²) in [6.45, 7) is 0.443. The number of nitrogens with zero attached hydrogens (tertiary/aromatic N) is 2. The zero-order valence-corrected chi connectivity index (χ0v) is 18.5. The normalized spacial score (nSPS) is 25.4. The van der Waals surface area contributed by atoms with Gasteiger partial charge in [0, 0.05) is 0 Å². The van der Waals surface area contributed by atoms with E-state index >= 15 is 0 Å². The van der Waals surface area contributed by atoms with E-state index in [2.05, 4.69) is 29.2 Å². The predicted octanol–water partition coefficient (Wildman–Crippen LogP) is 0.785. The van der Waals surface area contributed by atoms with Gasteiger partial charge in [0.05, 0.1) is 0 Å². The molecule has 3 aromatic rings. The summed E-state index contributed by atoms with van der Waals surface area (Å²) in [6.07, 6.45) is 1.38. The number of anilines is 1. The van der Waals surface area contributed by atoms with Gasteiger partial charge in [0.15, 0.2) is 0 Å². The van der Waals surface area contributed by atoms with Crippen molar-refractivity contribution in [3.63, 3.8) is 0 Å². The number of benzene rings is 2. The molecular weight excluding hydrogens is 477 g/mol. The second-order valence-electron chi connectivity index (χ2n) is 7.22. The Bertz CT molecular complexity index is 1020. The van der Waals surface area contributed by atoms with E-state index in [1.165, 1.54) is 4.57 Å². The molecule has 3 atom stereocenters. The summed E-state index contributed by atoms with van der Waals surface area (Å²) in [4.78, 5) is 16.0. The molecule has 8 heteroatoms. The molecule has 3 heterocycles. The predicted molar refractivity (Wildman–Crippen MR) is 110 cm³/mol. The fraction of sp³-hybridized carbons (Fsp3) is 0.238. The van der Waals surface area contributed by atoms with Gasteiger partial charge in [0.25, 0.3) is 0 Å². The SMILES string of the molecule is Nc1ccn([C@@H]2C[C@@H]3[O][Sn]([c]4ccccc4)([c]4ccccc4)[O]C[C@@H]3O2)c(=O)n1. The molecule has 2 saturated heterocycles. The summed E-state index contributed by atoms with van der Waals surface area (Å²) >= 11 is -3.83. The number of hydrogen-bond acceptors (Lipinski definition) is 6. The second-order valence-corrected chi connectivity index (χ2v) is 15.5. The summed E-state index contributed by atoms with van der Waals surface area (Å²) < 4.78 is 23.1. The molecule has 0 bridgehead atoms. The molecule has 2 aliphatic rings. The van der Waals surface area contributed by atoms with Crippen molar-refractivity contribution >= 4 is 32.2 Å². The Morgan fingerprint density at radius 2 is 1.62 bits per heavy atom. The van der Waals surface area contributed by atoms with Gasteiger partial charge in [0.1, 0.15) is 0 Å². The van der Waals surface area contributed by atoms with Crippen molar-refractivity contribution in [1.29, 1.82) is 0 Å². The van der Waals surface area contributed by atoms with Crippen molar-refractivity contribution in [2.75, 3.05) is 12.3 Å². The Hall–Kier alpha value is -2.20. The maximum absolute atomic E-state index is 12.2. The average molecular weight is 498 g/mol. The van der Waals surface area contributed by atoms with Crippen LogP contribution in [0.25, 0.3) is 0 Å². The third-order valence-corrected chi connectivity index (χ3v) is 15.1. The van der Waals surface area contributed by atoms with E-state index in [0.29, 0.717) is 13.0 Å². The fourth-order valence-corrected chi connectivity index (χ4v) is 13.6. The van der Waals surface area contributed by atoms with Crippen LogP contribution in [-0.2, 0) is 10.9 Å². The topological polar surface area (TPSA) is 88.6 Å². The summed E-state index contributed by atoms with van der Waals surface area (Å²) in [6, 6.07) is 22.0. The summed E-state index contributed by atoms with van der Waals surface area (Å²) in [5, 5.41) is 0. The molecular formula is C21H21N3O4Sn. The van der Waals surface area contributed by atoms with Crippen LogP contribution < -0.4 is 18.6 Å². The summed E-state index contributed by atoms with van der Waals surface area (Å²) in [5.74, 6) is 0.199. The molecule has 5 rings (SSSR count). The van der Waals surface area contributed by atoms with Gasteiger partial charge < -0.3 is 0 Å². The number of fused-ring (bicyclic) bond motifs is 1. The van der Waals surface area contributed by atoms with Gasteiger partial charge in [-0.15, -0.1) is 0 Å². The van der Waals surface area contributed by atoms with Crippen molar-refractivity contribution in [3.8, 4) is 0 Å². The molecule has 148 valence electrons. The number of ether oxygens (including phenoxy) is 1. The van der Waals surface area contributed by atoms with Crippen LogP contribution in [0.3, 0.4) is 0 Å². The van der Waals surface area contributed by atoms with E-state index in [0.717, 1.165) is 7.16 Å². The van der Waals surface area contributed by atoms with E-state index in [4.69, 9.17) is 16.6 Å². The Kier molecular flexibility index (Phi) is 4.90. The van der Waals surface area contributed by atoms with Crippen LogP contribution in [0.2, 0.25) is 0 Å². The van der Waals surface area contributed by atoms with Gasteiger partial charge in [0.2, 0.25) is 0 Å². The Balaban J connectivity index is 1.48. The molecule has 0 aliphatic carbocycles. The molecule has 29 heavy (non-hydrogen) atoms. The van der Waals surface area contributed by atoms with Crippen molar-refractivity contribution in [1.82, 2.24) is 9.55 Å². The van der Waals surface area contributed by atoms with Crippen LogP contribution in [0, 0.1) is 0 Å². The van der Waals surface area contributed by atoms with Gasteiger partial charge in [-0.1, -0.05) is 0 Å². The molecule has 2 aliphatic heterocycles. The van der Waals surface area contributed by atoms with E-state index < -0.39 is 31.1 Å². The van der Waals surface area contributed by atoms with Crippen LogP contribution in [0.5, 0.6) is 0 Å². The molecule has 7 nitrogen and oxygen atoms in total. The third kappa shape index (κ3) is 3.37. The molecule has 1 aromatic heterocycles. The number of aromatic nitrogens is 2. The van der Waals surface area contributed by atoms with Crippen molar-refractivity contribution in [2.24, 2.45) is 0 Å². The number of rotatable bonds is 3. The molecule has 0 spiro atoms. The number of nitrogens with two attached hydrogens (primary N) is 1. The van der Waals surface area contributed by atoms with E-state index in [1.54, 1.807) is 12.3 Å². The maximum atomic E-state index is 12.2. The van der Waals surface area contributed by atoms with E-state index in [1.807, 2.05) is 36.4 Å². The molecule has 2 fully saturated rings. The van der Waals surface area contributed by atoms with E-state index in [9.17, 15) is 4.79 Å². The quantitative estimate of drug-likeness (QED) is 0.538. The van der Waals surface area contributed by atoms with Gasteiger partial charge in [-0.25, -0.2) is 0 Å². The number of hydrogen-bond donors (Lipinski definition) is 1. The zero-order chi connectivity index (χ0) is 19.8. The van der Waals surface area contributed by atoms with Gasteiger partial charge in [-0.05, 0) is 0 Å². The molecule has 0 saturated carbocycles. The minimum atomic E-state index is -3.83. The van der Waals surface area contributed by atoms with Gasteiger partial charge in [-0.3, -0.25) is 0 Å². The molecule has 0 radical (unpaired) electrons. The fourth-order valence-electron chi connectivity index (χ4n) is 4.02. The molecule has 0 unspecified atom stereocenters. The first-order valence-electron chi connectivity index (χ1n) is 9.59. The second kappa shape index (κ2) is 7.56. The van der Waals surface area contributed by atoms with Gasteiger partial charge in [-0.2, -0.15) is 0 Å². The zero-order valence-electron chi connectivity index (χ0n) is 15.7. The van der Waals surface area contributed by atoms with Crippen LogP contribution in [-0.4, -0.2) is 47.6 Å². The first-order valence-corrected chi connectivity index (χ1v) is 14.8. The summed E-state index contributed by atoms with van der Waals surface area (Å²) in [7, 11) is 0. The van der Waals surface area contributed by atoms with Gasteiger partial charge >= 0.3 is 173 Å². The first kappa shape index (κ1) is 18.8. The van der Waals surface area contributed by atoms with Crippen molar-refractivity contribution in [3.05, 3.63) is 83.4 Å². The van der Waals surface area contributed by atoms with Crippen molar-refractivity contribution in [2.45, 2.75) is 24.9 Å². The van der Waals surface area contributed by atoms with Crippen molar-refractivity contribution < 1.29 is 10.9 Å². The van der Waals surface area contributed by atoms with Crippen LogP contribution in [0.4, 0.5) is 5.82 Å². The van der Waals surface area contributed by atoms with Crippen LogP contribution in [0.15, 0.2) is 77.7 Å². The average Bonchev–Trinajstić information content (AvgIpc) is 3.17. The standard InChI is InChI=1S/C9H11N3O4.2C6H5.Sn/c10-7-1-2-12(9(15)11-7)8-3-5(14)6(4-13)16-8;2*1-2-4-6-5-3-1;/h1-2,5-6,8H,3-4H2,(H2,10,11,15);2*1-5H;/q-2;;;+2/t5-,6-,8-;;;/m0.../s1. The number of nitrogen functional groups attached to an aromatic ring is 1. The minimum absolute atomic E-state index is 0.144. The molecule has 2 aromatic carbocycles. The molecule has 2 N–H and O–H groups in total. The molecule has 0 amide bonds. The van der Waals surface area contributed by atoms with Crippen LogP contribution in [0.1, 0.15) is 12.6 Å². The van der Waals surface area contributed by atoms with Crippen LogP contribution >= 0.6 is 0 Å². The third-order valence-electron chi connectivity index (χ3n) is 5.42.